The van der Waals surface area contributed by atoms with E-state index in [1.807, 2.05) is 9.80 Å². The summed E-state index contributed by atoms with van der Waals surface area (Å²) in [6, 6.07) is 12.0. The molecule has 0 radical (unpaired) electrons. The highest BCUT2D eigenvalue weighted by Gasteiger charge is 2.27. The molecule has 0 atom stereocenters. The van der Waals surface area contributed by atoms with E-state index in [-0.39, 0.29) is 5.91 Å². The number of rotatable bonds is 8. The van der Waals surface area contributed by atoms with Gasteiger partial charge < -0.3 is 19.1 Å². The Morgan fingerprint density at radius 2 is 1.76 bits per heavy atom. The molecule has 3 aromatic heterocycles. The molecule has 1 aliphatic rings. The lowest BCUT2D eigenvalue weighted by molar-refractivity contribution is 0.0746. The summed E-state index contributed by atoms with van der Waals surface area (Å²) in [5.74, 6) is 1.38. The largest absolute Gasteiger partial charge is 0.493 e. The van der Waals surface area contributed by atoms with E-state index >= 15 is 0 Å². The lowest BCUT2D eigenvalue weighted by Gasteiger charge is -2.36. The standard InChI is InChI=1S/C34H42FN5O2/c1-8-27-9-10-28(23(6)37-27)29-16-25(15-24-17-30(22(4)5)40(32(24)29)20-21(2)3)34(41)39-13-11-38(12-14-39)33-31(42-7)18-26(35)19-36-33/h9-10,15-19,21-22H,8,11-14,20H2,1-7H3. The molecule has 0 spiro atoms. The average Bonchev–Trinajstić information content (AvgIpc) is 3.34. The summed E-state index contributed by atoms with van der Waals surface area (Å²) in [6.07, 6.45) is 2.08. The highest BCUT2D eigenvalue weighted by molar-refractivity contribution is 6.04. The Hall–Kier alpha value is -3.94. The summed E-state index contributed by atoms with van der Waals surface area (Å²) >= 11 is 0. The van der Waals surface area contributed by atoms with Crippen molar-refractivity contribution in [2.24, 2.45) is 5.92 Å². The lowest BCUT2D eigenvalue weighted by Crippen LogP contribution is -2.49. The van der Waals surface area contributed by atoms with Gasteiger partial charge in [0.1, 0.15) is 5.82 Å². The first-order chi connectivity index (χ1) is 20.1. The van der Waals surface area contributed by atoms with E-state index in [2.05, 4.69) is 81.4 Å². The molecule has 5 rings (SSSR count). The van der Waals surface area contributed by atoms with Gasteiger partial charge in [0.05, 0.1) is 18.8 Å². The fourth-order valence-electron chi connectivity index (χ4n) is 6.00. The molecule has 4 aromatic rings. The molecule has 0 bridgehead atoms. The van der Waals surface area contributed by atoms with Gasteiger partial charge in [-0.3, -0.25) is 9.78 Å². The number of anilines is 1. The van der Waals surface area contributed by atoms with Crippen LogP contribution >= 0.6 is 0 Å². The van der Waals surface area contributed by atoms with Crippen LogP contribution in [0.5, 0.6) is 5.75 Å². The summed E-state index contributed by atoms with van der Waals surface area (Å²) in [6.45, 7) is 16.2. The van der Waals surface area contributed by atoms with Crippen LogP contribution in [-0.4, -0.2) is 58.6 Å². The molecule has 7 nitrogen and oxygen atoms in total. The van der Waals surface area contributed by atoms with Crippen molar-refractivity contribution in [3.8, 4) is 16.9 Å². The lowest BCUT2D eigenvalue weighted by atomic mass is 9.97. The van der Waals surface area contributed by atoms with Gasteiger partial charge in [0.2, 0.25) is 0 Å². The van der Waals surface area contributed by atoms with Crippen molar-refractivity contribution in [3.05, 3.63) is 71.1 Å². The maximum atomic E-state index is 14.0. The number of hydrogen-bond acceptors (Lipinski definition) is 5. The summed E-state index contributed by atoms with van der Waals surface area (Å²) < 4.78 is 21.5. The van der Waals surface area contributed by atoms with Gasteiger partial charge in [0, 0.05) is 77.9 Å². The smallest absolute Gasteiger partial charge is 0.254 e. The summed E-state index contributed by atoms with van der Waals surface area (Å²) in [7, 11) is 1.51. The van der Waals surface area contributed by atoms with Crippen molar-refractivity contribution in [2.75, 3.05) is 38.2 Å². The van der Waals surface area contributed by atoms with Crippen LogP contribution in [0.3, 0.4) is 0 Å². The van der Waals surface area contributed by atoms with Gasteiger partial charge in [-0.15, -0.1) is 0 Å². The molecular formula is C34H42FN5O2. The molecule has 1 aliphatic heterocycles. The number of benzene rings is 1. The third kappa shape index (κ3) is 5.72. The predicted octanol–water partition coefficient (Wildman–Crippen LogP) is 6.86. The van der Waals surface area contributed by atoms with Crippen molar-refractivity contribution < 1.29 is 13.9 Å². The number of amides is 1. The number of carbonyl (C=O) groups excluding carboxylic acids is 1. The summed E-state index contributed by atoms with van der Waals surface area (Å²) in [5, 5.41) is 1.08. The van der Waals surface area contributed by atoms with Crippen LogP contribution in [0.15, 0.2) is 42.6 Å². The minimum absolute atomic E-state index is 0.00956. The van der Waals surface area contributed by atoms with Gasteiger partial charge in [-0.1, -0.05) is 40.7 Å². The second kappa shape index (κ2) is 12.1. The quantitative estimate of drug-likeness (QED) is 0.231. The normalized spacial score (nSPS) is 14.0. The van der Waals surface area contributed by atoms with Gasteiger partial charge >= 0.3 is 0 Å². The Morgan fingerprint density at radius 3 is 2.38 bits per heavy atom. The Bertz CT molecular complexity index is 1600. The van der Waals surface area contributed by atoms with Gasteiger partial charge in [-0.05, 0) is 49.4 Å². The van der Waals surface area contributed by atoms with Gasteiger partial charge in [-0.2, -0.15) is 0 Å². The van der Waals surface area contributed by atoms with E-state index in [4.69, 9.17) is 9.72 Å². The number of hydrogen-bond donors (Lipinski definition) is 0. The number of pyridine rings is 2. The minimum atomic E-state index is -0.437. The number of ether oxygens (including phenoxy) is 1. The zero-order valence-corrected chi connectivity index (χ0v) is 25.9. The number of aryl methyl sites for hydroxylation is 2. The Balaban J connectivity index is 1.54. The van der Waals surface area contributed by atoms with E-state index in [0.717, 1.165) is 46.4 Å². The predicted molar refractivity (Wildman–Crippen MR) is 167 cm³/mol. The fourth-order valence-corrected chi connectivity index (χ4v) is 6.00. The van der Waals surface area contributed by atoms with Crippen LogP contribution in [0.25, 0.3) is 22.0 Å². The molecule has 4 heterocycles. The van der Waals surface area contributed by atoms with Gasteiger partial charge in [-0.25, -0.2) is 9.37 Å². The summed E-state index contributed by atoms with van der Waals surface area (Å²) in [5.41, 5.74) is 7.26. The molecular weight excluding hydrogens is 529 g/mol. The maximum Gasteiger partial charge on any atom is 0.254 e. The maximum absolute atomic E-state index is 14.0. The van der Waals surface area contributed by atoms with Crippen LogP contribution in [0, 0.1) is 18.7 Å². The molecule has 0 N–H and O–H groups in total. The van der Waals surface area contributed by atoms with E-state index in [9.17, 15) is 9.18 Å². The molecule has 1 amide bonds. The first-order valence-corrected chi connectivity index (χ1v) is 15.0. The summed E-state index contributed by atoms with van der Waals surface area (Å²) in [4.78, 5) is 27.1. The Kier molecular flexibility index (Phi) is 8.53. The molecule has 1 aromatic carbocycles. The minimum Gasteiger partial charge on any atom is -0.493 e. The Labute approximate surface area is 248 Å². The highest BCUT2D eigenvalue weighted by atomic mass is 19.1. The first-order valence-electron chi connectivity index (χ1n) is 15.0. The zero-order chi connectivity index (χ0) is 30.1. The van der Waals surface area contributed by atoms with Crippen molar-refractivity contribution in [3.63, 3.8) is 0 Å². The second-order valence-corrected chi connectivity index (χ2v) is 11.9. The average molecular weight is 572 g/mol. The zero-order valence-electron chi connectivity index (χ0n) is 25.9. The molecule has 222 valence electrons. The number of aromatic nitrogens is 3. The van der Waals surface area contributed by atoms with Crippen molar-refractivity contribution in [1.29, 1.82) is 0 Å². The van der Waals surface area contributed by atoms with Gasteiger partial charge in [0.25, 0.3) is 5.91 Å². The van der Waals surface area contributed by atoms with Crippen molar-refractivity contribution in [2.45, 2.75) is 60.4 Å². The van der Waals surface area contributed by atoms with E-state index in [0.29, 0.717) is 55.1 Å². The number of carbonyl (C=O) groups is 1. The van der Waals surface area contributed by atoms with Crippen LogP contribution < -0.4 is 9.64 Å². The molecule has 42 heavy (non-hydrogen) atoms. The van der Waals surface area contributed by atoms with Crippen molar-refractivity contribution in [1.82, 2.24) is 19.4 Å². The third-order valence-electron chi connectivity index (χ3n) is 8.09. The van der Waals surface area contributed by atoms with Gasteiger partial charge in [0.15, 0.2) is 11.6 Å². The van der Waals surface area contributed by atoms with Crippen LogP contribution in [0.2, 0.25) is 0 Å². The molecule has 1 fully saturated rings. The SMILES string of the molecule is CCc1ccc(-c2cc(C(=O)N3CCN(c4ncc(F)cc4OC)CC3)cc3cc(C(C)C)n(CC(C)C)c23)c(C)n1. The number of halogens is 1. The monoisotopic (exact) mass is 571 g/mol. The van der Waals surface area contributed by atoms with Crippen LogP contribution in [-0.2, 0) is 13.0 Å². The molecule has 0 unspecified atom stereocenters. The molecule has 8 heteroatoms. The van der Waals surface area contributed by atoms with Crippen LogP contribution in [0.1, 0.15) is 68.0 Å². The molecule has 1 saturated heterocycles. The Morgan fingerprint density at radius 1 is 1.02 bits per heavy atom. The first kappa shape index (κ1) is 29.5. The van der Waals surface area contributed by atoms with E-state index in [1.54, 1.807) is 0 Å². The second-order valence-electron chi connectivity index (χ2n) is 11.9. The topological polar surface area (TPSA) is 63.5 Å². The number of fused-ring (bicyclic) bond motifs is 1. The fraction of sp³-hybridized carbons (Fsp3) is 0.441. The highest BCUT2D eigenvalue weighted by Crippen LogP contribution is 2.37. The number of piperazine rings is 1. The number of methoxy groups -OCH3 is 1. The van der Waals surface area contributed by atoms with Crippen molar-refractivity contribution >= 4 is 22.6 Å². The van der Waals surface area contributed by atoms with E-state index in [1.165, 1.54) is 25.1 Å². The third-order valence-corrected chi connectivity index (χ3v) is 8.09. The van der Waals surface area contributed by atoms with E-state index < -0.39 is 5.82 Å². The molecule has 0 saturated carbocycles. The van der Waals surface area contributed by atoms with Crippen LogP contribution in [0.4, 0.5) is 10.2 Å². The molecule has 0 aliphatic carbocycles. The number of nitrogens with zero attached hydrogens (tertiary/aromatic N) is 5.